The number of aromatic nitrogens is 1. The Balaban J connectivity index is 0.00000316. The number of carbonyl (C=O) groups is 1. The summed E-state index contributed by atoms with van der Waals surface area (Å²) in [6.45, 7) is 23.0. The summed E-state index contributed by atoms with van der Waals surface area (Å²) in [5.74, 6) is 6.92. The highest BCUT2D eigenvalue weighted by Crippen LogP contribution is 2.35. The first-order valence-corrected chi connectivity index (χ1v) is 16.2. The van der Waals surface area contributed by atoms with Gasteiger partial charge in [-0.25, -0.2) is 4.98 Å². The normalized spacial score (nSPS) is 17.3. The number of carbonyl (C=O) groups excluding carboxylic acids is 1. The maximum absolute atomic E-state index is 12.0. The second kappa shape index (κ2) is 19.2. The van der Waals surface area contributed by atoms with Gasteiger partial charge in [-0.05, 0) is 85.0 Å². The van der Waals surface area contributed by atoms with Crippen LogP contribution in [0, 0.1) is 11.8 Å². The van der Waals surface area contributed by atoms with E-state index in [1.165, 1.54) is 0 Å². The molecule has 2 unspecified atom stereocenters. The van der Waals surface area contributed by atoms with E-state index in [1.807, 2.05) is 51.9 Å². The Morgan fingerprint density at radius 1 is 1.28 bits per heavy atom. The standard InChI is InChI=1S/C32H50N6O3.C2H6/c1-8-12-30(39)38-22-27(23-38)36(16-9-2)17-11-13-24(4)35-25(5)29(10-3)41-26(6)31-28(14-15-34-32(31)33-7)37-18-20-40-21-19-37;1-2/h10,14-15,24,26-27H,9,11,13,16-23H2,1-7H3,(H,33,34);1-2H3/b29-10+,35-25?;. The number of amides is 1. The minimum atomic E-state index is -0.213. The van der Waals surface area contributed by atoms with E-state index in [9.17, 15) is 4.79 Å². The van der Waals surface area contributed by atoms with Crippen LogP contribution in [0.5, 0.6) is 0 Å². The zero-order valence-corrected chi connectivity index (χ0v) is 28.2. The Kier molecular flexibility index (Phi) is 16.2. The summed E-state index contributed by atoms with van der Waals surface area (Å²) >= 11 is 0. The number of likely N-dealkylation sites (tertiary alicyclic amines) is 1. The lowest BCUT2D eigenvalue weighted by Gasteiger charge is -2.44. The number of nitrogens with one attached hydrogen (secondary N) is 1. The van der Waals surface area contributed by atoms with Gasteiger partial charge in [0.15, 0.2) is 0 Å². The fraction of sp³-hybridized carbons (Fsp3) is 0.676. The second-order valence-corrected chi connectivity index (χ2v) is 10.8. The number of hydrogen-bond acceptors (Lipinski definition) is 8. The predicted octanol–water partition coefficient (Wildman–Crippen LogP) is 5.54. The van der Waals surface area contributed by atoms with Crippen molar-refractivity contribution in [3.05, 3.63) is 29.7 Å². The Morgan fingerprint density at radius 3 is 2.58 bits per heavy atom. The minimum Gasteiger partial charge on any atom is -0.484 e. The smallest absolute Gasteiger partial charge is 0.298 e. The van der Waals surface area contributed by atoms with E-state index >= 15 is 0 Å². The highest BCUT2D eigenvalue weighted by molar-refractivity contribution is 5.96. The average molecular weight is 597 g/mol. The van der Waals surface area contributed by atoms with Crippen LogP contribution in [0.3, 0.4) is 0 Å². The molecule has 0 aliphatic carbocycles. The molecule has 1 aromatic rings. The van der Waals surface area contributed by atoms with Crippen molar-refractivity contribution in [2.75, 3.05) is 69.7 Å². The van der Waals surface area contributed by atoms with E-state index < -0.39 is 0 Å². The second-order valence-electron chi connectivity index (χ2n) is 10.8. The van der Waals surface area contributed by atoms with Gasteiger partial charge in [0.1, 0.15) is 17.7 Å². The summed E-state index contributed by atoms with van der Waals surface area (Å²) in [6, 6.07) is 2.68. The van der Waals surface area contributed by atoms with Crippen molar-refractivity contribution >= 4 is 23.1 Å². The van der Waals surface area contributed by atoms with Crippen molar-refractivity contribution in [2.24, 2.45) is 4.99 Å². The van der Waals surface area contributed by atoms with Gasteiger partial charge in [0.25, 0.3) is 5.91 Å². The first-order valence-electron chi connectivity index (χ1n) is 16.2. The van der Waals surface area contributed by atoms with Crippen LogP contribution in [0.1, 0.15) is 86.3 Å². The first kappa shape index (κ1) is 36.1. The molecule has 2 fully saturated rings. The number of aliphatic imine (C=N–C) groups is 1. The molecule has 2 aliphatic rings. The third-order valence-electron chi connectivity index (χ3n) is 7.77. The van der Waals surface area contributed by atoms with E-state index in [0.717, 1.165) is 100 Å². The monoisotopic (exact) mass is 596 g/mol. The highest BCUT2D eigenvalue weighted by Gasteiger charge is 2.33. The van der Waals surface area contributed by atoms with Crippen LogP contribution in [-0.2, 0) is 14.3 Å². The van der Waals surface area contributed by atoms with Crippen molar-refractivity contribution in [1.29, 1.82) is 0 Å². The van der Waals surface area contributed by atoms with Gasteiger partial charge in [-0.2, -0.15) is 0 Å². The van der Waals surface area contributed by atoms with Crippen molar-refractivity contribution in [3.8, 4) is 11.8 Å². The maximum Gasteiger partial charge on any atom is 0.298 e. The molecule has 1 N–H and O–H groups in total. The van der Waals surface area contributed by atoms with E-state index in [2.05, 4.69) is 58.8 Å². The van der Waals surface area contributed by atoms with Crippen LogP contribution in [0.15, 0.2) is 29.1 Å². The highest BCUT2D eigenvalue weighted by atomic mass is 16.5. The summed E-state index contributed by atoms with van der Waals surface area (Å²) < 4.78 is 12.1. The fourth-order valence-corrected chi connectivity index (χ4v) is 5.61. The van der Waals surface area contributed by atoms with Gasteiger partial charge >= 0.3 is 0 Å². The number of rotatable bonds is 14. The third kappa shape index (κ3) is 10.5. The molecule has 0 aromatic carbocycles. The number of nitrogens with zero attached hydrogens (tertiary/aromatic N) is 5. The quantitative estimate of drug-likeness (QED) is 0.171. The molecule has 0 saturated carbocycles. The molecule has 2 aliphatic heterocycles. The van der Waals surface area contributed by atoms with Gasteiger partial charge in [-0.3, -0.25) is 14.7 Å². The SMILES string of the molecule is CC.CC#CC(=O)N1CC(N(CCC)CCCC(C)N=C(C)/C(=C\C)OC(C)c2c(N3CCOCC3)ccnc2NC)C1. The van der Waals surface area contributed by atoms with E-state index in [0.29, 0.717) is 6.04 Å². The maximum atomic E-state index is 12.0. The largest absolute Gasteiger partial charge is 0.484 e. The Labute approximate surface area is 261 Å². The molecule has 1 amide bonds. The molecular formula is C34H56N6O3. The summed E-state index contributed by atoms with van der Waals surface area (Å²) in [7, 11) is 1.90. The molecule has 3 heterocycles. The summed E-state index contributed by atoms with van der Waals surface area (Å²) in [5.41, 5.74) is 3.09. The Bertz CT molecular complexity index is 1110. The van der Waals surface area contributed by atoms with Crippen molar-refractivity contribution in [2.45, 2.75) is 92.8 Å². The molecule has 0 bridgehead atoms. The Morgan fingerprint density at radius 2 is 1.98 bits per heavy atom. The van der Waals surface area contributed by atoms with E-state index in [4.69, 9.17) is 14.5 Å². The Hall–Kier alpha value is -3.09. The molecule has 0 radical (unpaired) electrons. The lowest BCUT2D eigenvalue weighted by Crippen LogP contribution is -2.61. The number of hydrogen-bond donors (Lipinski definition) is 1. The summed E-state index contributed by atoms with van der Waals surface area (Å²) in [5, 5.41) is 3.25. The molecule has 1 aromatic heterocycles. The van der Waals surface area contributed by atoms with Crippen molar-refractivity contribution < 1.29 is 14.3 Å². The van der Waals surface area contributed by atoms with Crippen LogP contribution < -0.4 is 10.2 Å². The lowest BCUT2D eigenvalue weighted by atomic mass is 10.1. The number of pyridine rings is 1. The van der Waals surface area contributed by atoms with Crippen LogP contribution in [0.25, 0.3) is 0 Å². The predicted molar refractivity (Wildman–Crippen MR) is 179 cm³/mol. The zero-order chi connectivity index (χ0) is 31.8. The molecule has 0 spiro atoms. The molecule has 3 rings (SSSR count). The van der Waals surface area contributed by atoms with Crippen LogP contribution in [-0.4, -0.2) is 98.0 Å². The van der Waals surface area contributed by atoms with Crippen LogP contribution in [0.4, 0.5) is 11.5 Å². The van der Waals surface area contributed by atoms with E-state index in [1.54, 1.807) is 6.92 Å². The van der Waals surface area contributed by atoms with Crippen molar-refractivity contribution in [3.63, 3.8) is 0 Å². The van der Waals surface area contributed by atoms with Gasteiger partial charge in [-0.15, -0.1) is 0 Å². The van der Waals surface area contributed by atoms with Gasteiger partial charge in [0.2, 0.25) is 0 Å². The molecule has 43 heavy (non-hydrogen) atoms. The third-order valence-corrected chi connectivity index (χ3v) is 7.77. The minimum absolute atomic E-state index is 0.0574. The van der Waals surface area contributed by atoms with Crippen molar-refractivity contribution in [1.82, 2.24) is 14.8 Å². The first-order chi connectivity index (χ1) is 20.8. The number of anilines is 2. The summed E-state index contributed by atoms with van der Waals surface area (Å²) in [4.78, 5) is 28.3. The van der Waals surface area contributed by atoms with E-state index in [-0.39, 0.29) is 18.1 Å². The molecule has 9 heteroatoms. The average Bonchev–Trinajstić information content (AvgIpc) is 3.00. The molecule has 9 nitrogen and oxygen atoms in total. The molecule has 2 saturated heterocycles. The summed E-state index contributed by atoms with van der Waals surface area (Å²) in [6.07, 6.45) is 6.79. The number of allylic oxidation sites excluding steroid dienone is 2. The molecule has 240 valence electrons. The molecule has 2 atom stereocenters. The van der Waals surface area contributed by atoms with Gasteiger partial charge < -0.3 is 24.6 Å². The van der Waals surface area contributed by atoms with Crippen LogP contribution >= 0.6 is 0 Å². The van der Waals surface area contributed by atoms with Gasteiger partial charge in [0.05, 0.1) is 24.5 Å². The van der Waals surface area contributed by atoms with Gasteiger partial charge in [-0.1, -0.05) is 26.7 Å². The number of ether oxygens (including phenoxy) is 2. The van der Waals surface area contributed by atoms with Crippen LogP contribution in [0.2, 0.25) is 0 Å². The molecular weight excluding hydrogens is 540 g/mol. The number of morpholine rings is 1. The topological polar surface area (TPSA) is 82.5 Å². The lowest BCUT2D eigenvalue weighted by molar-refractivity contribution is -0.132. The fourth-order valence-electron chi connectivity index (χ4n) is 5.61. The zero-order valence-electron chi connectivity index (χ0n) is 28.2. The van der Waals surface area contributed by atoms with Gasteiger partial charge in [0, 0.05) is 57.2 Å².